The van der Waals surface area contributed by atoms with Crippen molar-refractivity contribution in [1.82, 2.24) is 15.2 Å². The van der Waals surface area contributed by atoms with Gasteiger partial charge in [-0.1, -0.05) is 12.1 Å². The third-order valence-corrected chi connectivity index (χ3v) is 5.33. The number of aryl methyl sites for hydroxylation is 1. The van der Waals surface area contributed by atoms with Gasteiger partial charge in [0.25, 0.3) is 0 Å². The second-order valence-electron chi connectivity index (χ2n) is 7.38. The largest absolute Gasteiger partial charge is 0.496 e. The fourth-order valence-corrected chi connectivity index (χ4v) is 3.70. The number of aromatic nitrogens is 1. The summed E-state index contributed by atoms with van der Waals surface area (Å²) in [5.41, 5.74) is 2.57. The van der Waals surface area contributed by atoms with Crippen molar-refractivity contribution in [3.05, 3.63) is 58.4 Å². The number of guanidine groups is 1. The first-order chi connectivity index (χ1) is 14.7. The van der Waals surface area contributed by atoms with Gasteiger partial charge in [-0.25, -0.2) is 0 Å². The van der Waals surface area contributed by atoms with Crippen LogP contribution in [-0.2, 0) is 17.5 Å². The Morgan fingerprint density at radius 3 is 2.81 bits per heavy atom. The number of nitrogens with one attached hydrogen (secondary N) is 1. The van der Waals surface area contributed by atoms with Gasteiger partial charge in [0.05, 0.1) is 38.1 Å². The minimum Gasteiger partial charge on any atom is -0.496 e. The number of benzene rings is 1. The highest BCUT2D eigenvalue weighted by molar-refractivity contribution is 5.80. The molecule has 3 rings (SSSR count). The summed E-state index contributed by atoms with van der Waals surface area (Å²) >= 11 is 0. The van der Waals surface area contributed by atoms with Gasteiger partial charge in [0.1, 0.15) is 11.9 Å². The summed E-state index contributed by atoms with van der Waals surface area (Å²) in [6, 6.07) is 5.28. The molecule has 0 aliphatic carbocycles. The lowest BCUT2D eigenvalue weighted by Gasteiger charge is -2.35. The zero-order chi connectivity index (χ0) is 22.6. The van der Waals surface area contributed by atoms with E-state index in [-0.39, 0.29) is 0 Å². The Balaban J connectivity index is 1.71. The molecular weight excluding hydrogens is 409 g/mol. The van der Waals surface area contributed by atoms with Gasteiger partial charge in [0.2, 0.25) is 0 Å². The number of pyridine rings is 1. The van der Waals surface area contributed by atoms with Crippen LogP contribution in [0, 0.1) is 13.8 Å². The van der Waals surface area contributed by atoms with Crippen LogP contribution >= 0.6 is 0 Å². The van der Waals surface area contributed by atoms with Crippen molar-refractivity contribution < 1.29 is 22.6 Å². The monoisotopic (exact) mass is 436 g/mol. The predicted molar refractivity (Wildman–Crippen MR) is 112 cm³/mol. The topological polar surface area (TPSA) is 59.0 Å². The zero-order valence-electron chi connectivity index (χ0n) is 18.1. The second kappa shape index (κ2) is 9.55. The summed E-state index contributed by atoms with van der Waals surface area (Å²) in [7, 11) is 3.31. The number of rotatable bonds is 4. The van der Waals surface area contributed by atoms with Gasteiger partial charge in [-0.2, -0.15) is 13.2 Å². The molecule has 0 bridgehead atoms. The molecule has 1 atom stereocenters. The van der Waals surface area contributed by atoms with Crippen molar-refractivity contribution >= 4 is 5.96 Å². The molecule has 1 aromatic carbocycles. The number of ether oxygens (including phenoxy) is 2. The van der Waals surface area contributed by atoms with E-state index in [9.17, 15) is 13.2 Å². The summed E-state index contributed by atoms with van der Waals surface area (Å²) in [5.74, 6) is 1.44. The van der Waals surface area contributed by atoms with E-state index in [1.165, 1.54) is 6.07 Å². The van der Waals surface area contributed by atoms with Crippen LogP contribution in [0.1, 0.15) is 34.1 Å². The van der Waals surface area contributed by atoms with E-state index in [4.69, 9.17) is 9.47 Å². The van der Waals surface area contributed by atoms with Crippen LogP contribution < -0.4 is 10.1 Å². The lowest BCUT2D eigenvalue weighted by atomic mass is 10.0. The summed E-state index contributed by atoms with van der Waals surface area (Å²) in [5, 5.41) is 3.30. The molecule has 0 saturated carbocycles. The minimum atomic E-state index is -4.39. The van der Waals surface area contributed by atoms with Crippen LogP contribution in [0.15, 0.2) is 35.5 Å². The van der Waals surface area contributed by atoms with Gasteiger partial charge < -0.3 is 19.7 Å². The molecule has 168 valence electrons. The van der Waals surface area contributed by atoms with Crippen LogP contribution in [-0.4, -0.2) is 49.7 Å². The number of nitrogens with zero attached hydrogens (tertiary/aromatic N) is 3. The van der Waals surface area contributed by atoms with Gasteiger partial charge in [-0.3, -0.25) is 9.98 Å². The molecule has 6 nitrogen and oxygen atoms in total. The molecule has 1 N–H and O–H groups in total. The third kappa shape index (κ3) is 5.28. The first-order valence-electron chi connectivity index (χ1n) is 9.98. The molecule has 0 amide bonds. The van der Waals surface area contributed by atoms with E-state index < -0.39 is 17.8 Å². The molecule has 1 saturated heterocycles. The molecule has 0 spiro atoms. The van der Waals surface area contributed by atoms with E-state index >= 15 is 0 Å². The Morgan fingerprint density at radius 1 is 1.35 bits per heavy atom. The molecule has 2 heterocycles. The van der Waals surface area contributed by atoms with Crippen LogP contribution in [0.5, 0.6) is 5.75 Å². The number of morpholine rings is 1. The number of aliphatic imine (C=N–C) groups is 1. The van der Waals surface area contributed by atoms with Crippen molar-refractivity contribution in [2.45, 2.75) is 32.7 Å². The normalized spacial score (nSPS) is 17.6. The Hall–Kier alpha value is -2.81. The average Bonchev–Trinajstić information content (AvgIpc) is 2.75. The fraction of sp³-hybridized carbons (Fsp3) is 0.455. The summed E-state index contributed by atoms with van der Waals surface area (Å²) < 4.78 is 50.4. The minimum absolute atomic E-state index is 0.386. The smallest absolute Gasteiger partial charge is 0.416 e. The van der Waals surface area contributed by atoms with Crippen LogP contribution in [0.4, 0.5) is 13.2 Å². The van der Waals surface area contributed by atoms with Gasteiger partial charge in [-0.05, 0) is 31.5 Å². The van der Waals surface area contributed by atoms with E-state index in [1.807, 2.05) is 18.7 Å². The van der Waals surface area contributed by atoms with E-state index in [1.54, 1.807) is 26.4 Å². The maximum Gasteiger partial charge on any atom is 0.416 e. The third-order valence-electron chi connectivity index (χ3n) is 5.33. The summed E-state index contributed by atoms with van der Waals surface area (Å²) in [6.07, 6.45) is -3.10. The van der Waals surface area contributed by atoms with Gasteiger partial charge in [-0.15, -0.1) is 0 Å². The van der Waals surface area contributed by atoms with E-state index in [0.717, 1.165) is 34.7 Å². The maximum absolute atomic E-state index is 13.1. The molecule has 1 unspecified atom stereocenters. The first-order valence-corrected chi connectivity index (χ1v) is 9.98. The average molecular weight is 436 g/mol. The van der Waals surface area contributed by atoms with Crippen molar-refractivity contribution in [1.29, 1.82) is 0 Å². The van der Waals surface area contributed by atoms with E-state index in [0.29, 0.717) is 37.8 Å². The molecule has 1 aromatic heterocycles. The number of alkyl halides is 3. The fourth-order valence-electron chi connectivity index (χ4n) is 3.70. The van der Waals surface area contributed by atoms with Gasteiger partial charge in [0.15, 0.2) is 5.96 Å². The Kier molecular flexibility index (Phi) is 7.04. The molecule has 9 heteroatoms. The number of hydrogen-bond acceptors (Lipinski definition) is 4. The highest BCUT2D eigenvalue weighted by Gasteiger charge is 2.32. The number of hydrogen-bond donors (Lipinski definition) is 1. The SMILES string of the molecule is CN=C(NCc1ncc(C)c(OC)c1C)N1CCOC(c2cccc(C(F)(F)F)c2)C1. The van der Waals surface area contributed by atoms with Crippen LogP contribution in [0.3, 0.4) is 0 Å². The molecule has 1 fully saturated rings. The first kappa shape index (κ1) is 22.9. The summed E-state index contributed by atoms with van der Waals surface area (Å²) in [6.45, 7) is 5.70. The molecule has 1 aliphatic heterocycles. The van der Waals surface area contributed by atoms with Crippen molar-refractivity contribution in [2.75, 3.05) is 33.9 Å². The lowest BCUT2D eigenvalue weighted by molar-refractivity contribution is -0.137. The van der Waals surface area contributed by atoms with E-state index in [2.05, 4.69) is 15.3 Å². The van der Waals surface area contributed by atoms with Gasteiger partial charge in [0, 0.05) is 30.9 Å². The molecular formula is C22H27F3N4O2. The Labute approximate surface area is 180 Å². The molecule has 2 aromatic rings. The van der Waals surface area contributed by atoms with Crippen LogP contribution in [0.2, 0.25) is 0 Å². The van der Waals surface area contributed by atoms with Crippen molar-refractivity contribution in [2.24, 2.45) is 4.99 Å². The predicted octanol–water partition coefficient (Wildman–Crippen LogP) is 3.87. The molecule has 0 radical (unpaired) electrons. The van der Waals surface area contributed by atoms with Crippen molar-refractivity contribution in [3.8, 4) is 5.75 Å². The summed E-state index contributed by atoms with van der Waals surface area (Å²) in [4.78, 5) is 10.8. The molecule has 1 aliphatic rings. The maximum atomic E-state index is 13.1. The standard InChI is InChI=1S/C22H27F3N4O2/c1-14-11-27-18(15(2)20(14)30-4)12-28-21(26-3)29-8-9-31-19(13-29)16-6-5-7-17(10-16)22(23,24)25/h5-7,10-11,19H,8-9,12-13H2,1-4H3,(H,26,28). The van der Waals surface area contributed by atoms with Crippen LogP contribution in [0.25, 0.3) is 0 Å². The number of halogens is 3. The Morgan fingerprint density at radius 2 is 2.13 bits per heavy atom. The quantitative estimate of drug-likeness (QED) is 0.583. The molecule has 31 heavy (non-hydrogen) atoms. The Bertz CT molecular complexity index is 947. The zero-order valence-corrected chi connectivity index (χ0v) is 18.1. The highest BCUT2D eigenvalue weighted by Crippen LogP contribution is 2.32. The highest BCUT2D eigenvalue weighted by atomic mass is 19.4. The number of methoxy groups -OCH3 is 1. The van der Waals surface area contributed by atoms with Gasteiger partial charge >= 0.3 is 6.18 Å². The second-order valence-corrected chi connectivity index (χ2v) is 7.38. The van der Waals surface area contributed by atoms with Crippen molar-refractivity contribution in [3.63, 3.8) is 0 Å². The lowest BCUT2D eigenvalue weighted by Crippen LogP contribution is -2.48.